The zero-order valence-corrected chi connectivity index (χ0v) is 40.6. The van der Waals surface area contributed by atoms with Crippen LogP contribution in [-0.4, -0.2) is 47.4 Å². The van der Waals surface area contributed by atoms with Gasteiger partial charge >= 0.3 is 5.97 Å². The summed E-state index contributed by atoms with van der Waals surface area (Å²) in [5.41, 5.74) is 0. The van der Waals surface area contributed by atoms with Crippen LogP contribution in [0.1, 0.15) is 277 Å². The van der Waals surface area contributed by atoms with Gasteiger partial charge in [-0.15, -0.1) is 0 Å². The lowest BCUT2D eigenvalue weighted by atomic mass is 10.0. The second kappa shape index (κ2) is 50.7. The quantitative estimate of drug-likeness (QED) is 0.0322. The molecule has 0 heterocycles. The van der Waals surface area contributed by atoms with Crippen molar-refractivity contribution in [3.63, 3.8) is 0 Å². The molecule has 6 heteroatoms. The van der Waals surface area contributed by atoms with E-state index in [1.165, 1.54) is 186 Å². The first kappa shape index (κ1) is 59.1. The van der Waals surface area contributed by atoms with Crippen LogP contribution >= 0.6 is 0 Å². The van der Waals surface area contributed by atoms with Crippen molar-refractivity contribution in [2.24, 2.45) is 0 Å². The molecule has 2 unspecified atom stereocenters. The Morgan fingerprint density at radius 1 is 0.459 bits per heavy atom. The number of amides is 1. The second-order valence-electron chi connectivity index (χ2n) is 18.2. The van der Waals surface area contributed by atoms with Crippen LogP contribution in [0, 0.1) is 0 Å². The first-order chi connectivity index (χ1) is 30.0. The molecule has 0 aromatic heterocycles. The van der Waals surface area contributed by atoms with Crippen molar-refractivity contribution < 1.29 is 24.5 Å². The van der Waals surface area contributed by atoms with E-state index in [0.29, 0.717) is 19.4 Å². The molecule has 0 saturated carbocycles. The SMILES string of the molecule is CCCCCC/C=C\C/C=C\CCCCCCCC(=O)OCCCCCCCCCCCCCCCC(=O)NC(CO)C(O)/C=C/CCCCCCCCCCCCCCC. The highest BCUT2D eigenvalue weighted by molar-refractivity contribution is 5.76. The molecule has 0 aromatic rings. The molecule has 1 amide bonds. The Labute approximate surface area is 379 Å². The number of hydrogen-bond donors (Lipinski definition) is 3. The number of carbonyl (C=O) groups is 2. The Morgan fingerprint density at radius 3 is 1.26 bits per heavy atom. The van der Waals surface area contributed by atoms with Gasteiger partial charge in [0, 0.05) is 12.8 Å². The molecule has 0 spiro atoms. The third-order valence-corrected chi connectivity index (χ3v) is 12.2. The largest absolute Gasteiger partial charge is 0.466 e. The number of esters is 1. The monoisotopic (exact) mass is 858 g/mol. The number of aliphatic hydroxyl groups excluding tert-OH is 2. The van der Waals surface area contributed by atoms with E-state index < -0.39 is 12.1 Å². The lowest BCUT2D eigenvalue weighted by Crippen LogP contribution is -2.45. The number of nitrogens with one attached hydrogen (secondary N) is 1. The Bertz CT molecular complexity index is 993. The highest BCUT2D eigenvalue weighted by Crippen LogP contribution is 2.16. The third kappa shape index (κ3) is 47.4. The van der Waals surface area contributed by atoms with E-state index in [4.69, 9.17) is 4.74 Å². The highest BCUT2D eigenvalue weighted by Gasteiger charge is 2.18. The van der Waals surface area contributed by atoms with Gasteiger partial charge in [-0.3, -0.25) is 9.59 Å². The molecule has 0 radical (unpaired) electrons. The summed E-state index contributed by atoms with van der Waals surface area (Å²) < 4.78 is 5.46. The Morgan fingerprint density at radius 2 is 0.820 bits per heavy atom. The topological polar surface area (TPSA) is 95.9 Å². The molecule has 0 aliphatic heterocycles. The minimum atomic E-state index is -0.853. The molecule has 0 rings (SSSR count). The Hall–Kier alpha value is -1.92. The summed E-state index contributed by atoms with van der Waals surface area (Å²) in [5, 5.41) is 23.1. The normalized spacial score (nSPS) is 12.9. The number of ether oxygens (including phenoxy) is 1. The summed E-state index contributed by atoms with van der Waals surface area (Å²) in [7, 11) is 0. The van der Waals surface area contributed by atoms with E-state index in [1.54, 1.807) is 6.08 Å². The van der Waals surface area contributed by atoms with Crippen molar-refractivity contribution in [3.05, 3.63) is 36.5 Å². The van der Waals surface area contributed by atoms with Crippen molar-refractivity contribution in [2.45, 2.75) is 289 Å². The fourth-order valence-corrected chi connectivity index (χ4v) is 8.02. The maximum Gasteiger partial charge on any atom is 0.305 e. The van der Waals surface area contributed by atoms with Crippen LogP contribution in [0.3, 0.4) is 0 Å². The molecule has 0 saturated heterocycles. The van der Waals surface area contributed by atoms with Gasteiger partial charge in [-0.1, -0.05) is 237 Å². The zero-order valence-electron chi connectivity index (χ0n) is 40.6. The minimum Gasteiger partial charge on any atom is -0.466 e. The smallest absolute Gasteiger partial charge is 0.305 e. The number of carbonyl (C=O) groups excluding carboxylic acids is 2. The maximum atomic E-state index is 12.4. The number of unbranched alkanes of at least 4 members (excludes halogenated alkanes) is 34. The molecule has 0 bridgehead atoms. The number of rotatable bonds is 49. The second-order valence-corrected chi connectivity index (χ2v) is 18.2. The molecular formula is C55H103NO5. The molecule has 0 aliphatic carbocycles. The van der Waals surface area contributed by atoms with Gasteiger partial charge in [0.1, 0.15) is 0 Å². The fourth-order valence-electron chi connectivity index (χ4n) is 8.02. The van der Waals surface area contributed by atoms with Crippen LogP contribution in [0.15, 0.2) is 36.5 Å². The summed E-state index contributed by atoms with van der Waals surface area (Å²) >= 11 is 0. The van der Waals surface area contributed by atoms with Gasteiger partial charge in [0.05, 0.1) is 25.4 Å². The number of aliphatic hydroxyl groups is 2. The summed E-state index contributed by atoms with van der Waals surface area (Å²) in [6.45, 7) is 4.85. The standard InChI is InChI=1S/C55H103NO5/c1-3-5-7-9-11-13-15-17-19-21-25-29-33-37-41-45-49-55(60)61-50-46-42-38-34-30-26-22-24-28-32-36-40-44-48-54(59)56-52(51-57)53(58)47-43-39-35-31-27-23-20-18-16-14-12-10-8-6-4-2/h13,15,19,21,43,47,52-53,57-58H,3-12,14,16-18,20,22-42,44-46,48-51H2,1-2H3,(H,56,59)/b15-13-,21-19-,47-43+. The molecule has 2 atom stereocenters. The van der Waals surface area contributed by atoms with Crippen LogP contribution < -0.4 is 5.32 Å². The third-order valence-electron chi connectivity index (χ3n) is 12.2. The summed E-state index contributed by atoms with van der Waals surface area (Å²) in [5.74, 6) is -0.102. The molecule has 0 aromatic carbocycles. The van der Waals surface area contributed by atoms with Crippen LogP contribution in [0.5, 0.6) is 0 Å². The summed E-state index contributed by atoms with van der Waals surface area (Å²) in [6, 6.07) is -0.638. The molecule has 61 heavy (non-hydrogen) atoms. The zero-order chi connectivity index (χ0) is 44.4. The van der Waals surface area contributed by atoms with Gasteiger partial charge in [-0.05, 0) is 64.2 Å². The van der Waals surface area contributed by atoms with Gasteiger partial charge in [-0.2, -0.15) is 0 Å². The predicted octanol–water partition coefficient (Wildman–Crippen LogP) is 16.1. The van der Waals surface area contributed by atoms with Crippen molar-refractivity contribution in [2.75, 3.05) is 13.2 Å². The van der Waals surface area contributed by atoms with Crippen molar-refractivity contribution >= 4 is 11.9 Å². The van der Waals surface area contributed by atoms with Crippen molar-refractivity contribution in [3.8, 4) is 0 Å². The van der Waals surface area contributed by atoms with Gasteiger partial charge in [0.2, 0.25) is 5.91 Å². The van der Waals surface area contributed by atoms with E-state index in [2.05, 4.69) is 43.5 Å². The van der Waals surface area contributed by atoms with E-state index in [9.17, 15) is 19.8 Å². The van der Waals surface area contributed by atoms with Crippen molar-refractivity contribution in [1.82, 2.24) is 5.32 Å². The highest BCUT2D eigenvalue weighted by atomic mass is 16.5. The van der Waals surface area contributed by atoms with E-state index in [0.717, 1.165) is 64.2 Å². The maximum absolute atomic E-state index is 12.4. The van der Waals surface area contributed by atoms with Crippen LogP contribution in [0.25, 0.3) is 0 Å². The molecule has 0 aliphatic rings. The molecule has 3 N–H and O–H groups in total. The predicted molar refractivity (Wildman–Crippen MR) is 264 cm³/mol. The van der Waals surface area contributed by atoms with Gasteiger partial charge < -0.3 is 20.3 Å². The lowest BCUT2D eigenvalue weighted by Gasteiger charge is -2.20. The van der Waals surface area contributed by atoms with Gasteiger partial charge in [0.15, 0.2) is 0 Å². The minimum absolute atomic E-state index is 0.0207. The average molecular weight is 858 g/mol. The lowest BCUT2D eigenvalue weighted by molar-refractivity contribution is -0.143. The van der Waals surface area contributed by atoms with E-state index >= 15 is 0 Å². The van der Waals surface area contributed by atoms with Crippen molar-refractivity contribution in [1.29, 1.82) is 0 Å². The van der Waals surface area contributed by atoms with Crippen LogP contribution in [-0.2, 0) is 14.3 Å². The summed E-state index contributed by atoms with van der Waals surface area (Å²) in [4.78, 5) is 24.5. The van der Waals surface area contributed by atoms with E-state index in [-0.39, 0.29) is 18.5 Å². The van der Waals surface area contributed by atoms with Gasteiger partial charge in [0.25, 0.3) is 0 Å². The Balaban J connectivity index is 3.49. The molecule has 358 valence electrons. The van der Waals surface area contributed by atoms with Crippen LogP contribution in [0.2, 0.25) is 0 Å². The average Bonchev–Trinajstić information content (AvgIpc) is 3.26. The number of hydrogen-bond acceptors (Lipinski definition) is 5. The first-order valence-electron chi connectivity index (χ1n) is 26.8. The number of allylic oxidation sites excluding steroid dienone is 5. The Kier molecular flexibility index (Phi) is 49.1. The fraction of sp³-hybridized carbons (Fsp3) is 0.855. The van der Waals surface area contributed by atoms with E-state index in [1.807, 2.05) is 6.08 Å². The van der Waals surface area contributed by atoms with Crippen LogP contribution in [0.4, 0.5) is 0 Å². The molecule has 0 fully saturated rings. The molecular weight excluding hydrogens is 755 g/mol. The first-order valence-corrected chi connectivity index (χ1v) is 26.8. The van der Waals surface area contributed by atoms with Gasteiger partial charge in [-0.25, -0.2) is 0 Å². The molecule has 6 nitrogen and oxygen atoms in total. The summed E-state index contributed by atoms with van der Waals surface area (Å²) in [6.07, 6.45) is 61.4.